The average Bonchev–Trinajstić information content (AvgIpc) is 2.73. The highest BCUT2D eigenvalue weighted by atomic mass is 16.3. The van der Waals surface area contributed by atoms with Gasteiger partial charge in [-0.2, -0.15) is 0 Å². The van der Waals surface area contributed by atoms with Gasteiger partial charge in [0.25, 0.3) is 0 Å². The van der Waals surface area contributed by atoms with Crippen LogP contribution in [0.1, 0.15) is 57.1 Å². The normalized spacial score (nSPS) is 38.0. The van der Waals surface area contributed by atoms with Gasteiger partial charge >= 0.3 is 0 Å². The average molecular weight is 284 g/mol. The van der Waals surface area contributed by atoms with E-state index in [0.29, 0.717) is 5.75 Å². The summed E-state index contributed by atoms with van der Waals surface area (Å²) >= 11 is 0. The number of allylic oxidation sites excluding steroid dienone is 1. The van der Waals surface area contributed by atoms with E-state index >= 15 is 0 Å². The van der Waals surface area contributed by atoms with E-state index in [1.807, 2.05) is 12.1 Å². The van der Waals surface area contributed by atoms with Crippen molar-refractivity contribution in [1.82, 2.24) is 0 Å². The molecule has 1 aromatic carbocycles. The van der Waals surface area contributed by atoms with Crippen molar-refractivity contribution < 1.29 is 10.2 Å². The summed E-state index contributed by atoms with van der Waals surface area (Å²) in [6.45, 7) is 4.71. The summed E-state index contributed by atoms with van der Waals surface area (Å²) in [4.78, 5) is 0. The van der Waals surface area contributed by atoms with E-state index in [9.17, 15) is 10.2 Å². The van der Waals surface area contributed by atoms with Crippen molar-refractivity contribution in [3.05, 3.63) is 40.5 Å². The Morgan fingerprint density at radius 1 is 1.10 bits per heavy atom. The summed E-state index contributed by atoms with van der Waals surface area (Å²) in [6.07, 6.45) is 6.08. The van der Waals surface area contributed by atoms with Gasteiger partial charge in [0.1, 0.15) is 5.75 Å². The van der Waals surface area contributed by atoms with Crippen molar-refractivity contribution in [3.63, 3.8) is 0 Å². The number of hydrogen-bond donors (Lipinski definition) is 2. The molecule has 1 unspecified atom stereocenters. The van der Waals surface area contributed by atoms with E-state index in [1.54, 1.807) is 11.1 Å². The molecule has 21 heavy (non-hydrogen) atoms. The molecule has 4 rings (SSSR count). The van der Waals surface area contributed by atoms with Gasteiger partial charge in [0.2, 0.25) is 0 Å². The van der Waals surface area contributed by atoms with Crippen molar-refractivity contribution in [2.45, 2.75) is 63.9 Å². The lowest BCUT2D eigenvalue weighted by Gasteiger charge is -2.48. The fraction of sp³-hybridized carbons (Fsp3) is 0.579. The van der Waals surface area contributed by atoms with Crippen LogP contribution in [0.25, 0.3) is 0 Å². The van der Waals surface area contributed by atoms with Crippen molar-refractivity contribution in [2.75, 3.05) is 0 Å². The van der Waals surface area contributed by atoms with Crippen molar-refractivity contribution >= 4 is 0 Å². The van der Waals surface area contributed by atoms with Crippen molar-refractivity contribution in [1.29, 1.82) is 0 Å². The Hall–Kier alpha value is -1.28. The first kappa shape index (κ1) is 13.4. The number of phenols is 1. The SMILES string of the molecule is CC12CC[C@@]3(C)C(=C1C[C@@H](O)C2)CCc1cc(O)ccc13. The third kappa shape index (κ3) is 1.75. The highest BCUT2D eigenvalue weighted by molar-refractivity contribution is 5.52. The number of phenolic OH excluding ortho intramolecular Hbond substituents is 1. The van der Waals surface area contributed by atoms with Gasteiger partial charge in [-0.3, -0.25) is 0 Å². The molecule has 0 spiro atoms. The van der Waals surface area contributed by atoms with Crippen LogP contribution in [0, 0.1) is 5.41 Å². The first-order valence-corrected chi connectivity index (χ1v) is 8.16. The zero-order valence-corrected chi connectivity index (χ0v) is 12.9. The first-order chi connectivity index (χ1) is 9.92. The summed E-state index contributed by atoms with van der Waals surface area (Å²) in [6, 6.07) is 5.90. The van der Waals surface area contributed by atoms with Gasteiger partial charge in [0.05, 0.1) is 6.10 Å². The Balaban J connectivity index is 1.90. The van der Waals surface area contributed by atoms with Crippen LogP contribution in [-0.2, 0) is 11.8 Å². The number of rotatable bonds is 0. The van der Waals surface area contributed by atoms with Gasteiger partial charge in [0.15, 0.2) is 0 Å². The quantitative estimate of drug-likeness (QED) is 0.710. The fourth-order valence-electron chi connectivity index (χ4n) is 5.26. The van der Waals surface area contributed by atoms with Gasteiger partial charge in [-0.15, -0.1) is 0 Å². The second kappa shape index (κ2) is 4.13. The molecule has 3 atom stereocenters. The molecular weight excluding hydrogens is 260 g/mol. The number of aryl methyl sites for hydroxylation is 1. The van der Waals surface area contributed by atoms with E-state index in [4.69, 9.17) is 0 Å². The lowest BCUT2D eigenvalue weighted by atomic mass is 9.56. The molecule has 2 N–H and O–H groups in total. The van der Waals surface area contributed by atoms with Crippen LogP contribution in [0.15, 0.2) is 29.3 Å². The first-order valence-electron chi connectivity index (χ1n) is 8.16. The Kier molecular flexibility index (Phi) is 2.63. The zero-order valence-electron chi connectivity index (χ0n) is 12.9. The maximum absolute atomic E-state index is 10.2. The molecule has 0 radical (unpaired) electrons. The molecule has 1 aromatic rings. The Bertz CT molecular complexity index is 645. The zero-order chi connectivity index (χ0) is 14.8. The van der Waals surface area contributed by atoms with Crippen LogP contribution in [0.5, 0.6) is 5.75 Å². The Morgan fingerprint density at radius 3 is 2.71 bits per heavy atom. The molecule has 3 aliphatic carbocycles. The highest BCUT2D eigenvalue weighted by Crippen LogP contribution is 2.59. The van der Waals surface area contributed by atoms with Gasteiger partial charge < -0.3 is 10.2 Å². The van der Waals surface area contributed by atoms with Gasteiger partial charge in [-0.25, -0.2) is 0 Å². The number of aliphatic hydroxyl groups is 1. The molecule has 2 heteroatoms. The van der Waals surface area contributed by atoms with Crippen molar-refractivity contribution in [2.24, 2.45) is 5.41 Å². The van der Waals surface area contributed by atoms with Crippen LogP contribution in [0.4, 0.5) is 0 Å². The standard InChI is InChI=1S/C19H24O2/c1-18-7-8-19(2)15-6-4-13(20)9-12(15)3-5-16(19)17(18)10-14(21)11-18/h4,6,9,14,20-21H,3,5,7-8,10-11H2,1-2H3/t14-,18?,19-/m1/s1. The molecule has 2 nitrogen and oxygen atoms in total. The molecule has 0 heterocycles. The number of benzene rings is 1. The van der Waals surface area contributed by atoms with Gasteiger partial charge in [-0.1, -0.05) is 31.1 Å². The summed E-state index contributed by atoms with van der Waals surface area (Å²) < 4.78 is 0. The minimum absolute atomic E-state index is 0.111. The molecule has 1 saturated carbocycles. The molecule has 3 aliphatic rings. The van der Waals surface area contributed by atoms with E-state index < -0.39 is 0 Å². The van der Waals surface area contributed by atoms with Crippen LogP contribution in [0.2, 0.25) is 0 Å². The molecule has 0 saturated heterocycles. The molecule has 112 valence electrons. The Morgan fingerprint density at radius 2 is 1.90 bits per heavy atom. The molecule has 0 aromatic heterocycles. The minimum atomic E-state index is -0.152. The number of hydrogen-bond acceptors (Lipinski definition) is 2. The predicted molar refractivity (Wildman–Crippen MR) is 83.4 cm³/mol. The highest BCUT2D eigenvalue weighted by Gasteiger charge is 2.50. The van der Waals surface area contributed by atoms with Gasteiger partial charge in [-0.05, 0) is 67.2 Å². The maximum atomic E-state index is 10.2. The number of aliphatic hydroxyl groups excluding tert-OH is 1. The minimum Gasteiger partial charge on any atom is -0.508 e. The Labute approximate surface area is 126 Å². The summed E-state index contributed by atoms with van der Waals surface area (Å²) in [7, 11) is 0. The van der Waals surface area contributed by atoms with Crippen LogP contribution < -0.4 is 0 Å². The monoisotopic (exact) mass is 284 g/mol. The summed E-state index contributed by atoms with van der Waals surface area (Å²) in [5, 5.41) is 19.9. The molecule has 1 fully saturated rings. The number of fused-ring (bicyclic) bond motifs is 4. The predicted octanol–water partition coefficient (Wildman–Crippen LogP) is 3.85. The second-order valence-electron chi connectivity index (χ2n) is 7.75. The smallest absolute Gasteiger partial charge is 0.115 e. The van der Waals surface area contributed by atoms with E-state index in [-0.39, 0.29) is 16.9 Å². The largest absolute Gasteiger partial charge is 0.508 e. The van der Waals surface area contributed by atoms with Gasteiger partial charge in [0, 0.05) is 5.41 Å². The third-order valence-electron chi connectivity index (χ3n) is 6.39. The van der Waals surface area contributed by atoms with Crippen LogP contribution >= 0.6 is 0 Å². The molecule has 0 aliphatic heterocycles. The van der Waals surface area contributed by atoms with E-state index in [1.165, 1.54) is 17.5 Å². The lowest BCUT2D eigenvalue weighted by molar-refractivity contribution is 0.157. The summed E-state index contributed by atoms with van der Waals surface area (Å²) in [5.74, 6) is 0.380. The van der Waals surface area contributed by atoms with Crippen LogP contribution in [-0.4, -0.2) is 16.3 Å². The number of aromatic hydroxyl groups is 1. The topological polar surface area (TPSA) is 40.5 Å². The maximum Gasteiger partial charge on any atom is 0.115 e. The molecule has 0 amide bonds. The van der Waals surface area contributed by atoms with E-state index in [2.05, 4.69) is 19.9 Å². The van der Waals surface area contributed by atoms with E-state index in [0.717, 1.165) is 32.1 Å². The third-order valence-corrected chi connectivity index (χ3v) is 6.39. The molecular formula is C19H24O2. The van der Waals surface area contributed by atoms with Crippen molar-refractivity contribution in [3.8, 4) is 5.75 Å². The lowest BCUT2D eigenvalue weighted by Crippen LogP contribution is -2.38. The fourth-order valence-corrected chi connectivity index (χ4v) is 5.26. The summed E-state index contributed by atoms with van der Waals surface area (Å²) in [5.41, 5.74) is 6.18. The van der Waals surface area contributed by atoms with Crippen LogP contribution in [0.3, 0.4) is 0 Å². The molecule has 0 bridgehead atoms. The second-order valence-corrected chi connectivity index (χ2v) is 7.75.